The molecule has 8 aromatic rings. The van der Waals surface area contributed by atoms with Crippen LogP contribution in [0.25, 0.3) is 61.1 Å². The summed E-state index contributed by atoms with van der Waals surface area (Å²) >= 11 is 12.7. The predicted octanol–water partition coefficient (Wildman–Crippen LogP) is 10.3. The van der Waals surface area contributed by atoms with Crippen molar-refractivity contribution in [2.45, 2.75) is 5.41 Å². The van der Waals surface area contributed by atoms with Crippen molar-refractivity contribution in [3.8, 4) is 39.3 Å². The van der Waals surface area contributed by atoms with Crippen molar-refractivity contribution in [2.75, 3.05) is 0 Å². The van der Waals surface area contributed by atoms with Crippen LogP contribution in [0, 0.1) is 0 Å². The Labute approximate surface area is 274 Å². The Kier molecular flexibility index (Phi) is 5.29. The SMILES string of the molecule is Clc1nc(Cl)nc(-c2cc3c4c(c2)C(c2ccccc2)(c2ccccc2)c2ccc5c6ccccc6n(c5c2-4)-c2ccccc2-3)n1. The molecule has 6 heteroatoms. The Balaban J connectivity index is 1.49. The van der Waals surface area contributed by atoms with Gasteiger partial charge in [0.2, 0.25) is 10.6 Å². The number of hydrogen-bond donors (Lipinski definition) is 0. The Hall–Kier alpha value is -5.29. The van der Waals surface area contributed by atoms with Gasteiger partial charge < -0.3 is 4.57 Å². The van der Waals surface area contributed by atoms with Crippen LogP contribution in [-0.4, -0.2) is 19.5 Å². The Morgan fingerprint density at radius 1 is 0.522 bits per heavy atom. The van der Waals surface area contributed by atoms with Gasteiger partial charge in [-0.05, 0) is 80.8 Å². The normalized spacial score (nSPS) is 13.6. The van der Waals surface area contributed by atoms with E-state index < -0.39 is 5.41 Å². The molecule has 0 bridgehead atoms. The highest BCUT2D eigenvalue weighted by atomic mass is 35.5. The maximum absolute atomic E-state index is 6.37. The lowest BCUT2D eigenvalue weighted by Gasteiger charge is -2.34. The number of benzene rings is 6. The van der Waals surface area contributed by atoms with Crippen molar-refractivity contribution in [2.24, 2.45) is 0 Å². The molecular weight excluding hydrogens is 607 g/mol. The summed E-state index contributed by atoms with van der Waals surface area (Å²) < 4.78 is 2.46. The van der Waals surface area contributed by atoms with Crippen molar-refractivity contribution >= 4 is 45.0 Å². The van der Waals surface area contributed by atoms with Gasteiger partial charge >= 0.3 is 0 Å². The molecule has 3 heterocycles. The number of nitrogens with zero attached hydrogens (tertiary/aromatic N) is 4. The summed E-state index contributed by atoms with van der Waals surface area (Å²) in [5.41, 5.74) is 13.2. The standard InChI is InChI=1S/C40H22Cl2N4/c41-38-43-37(44-39(42)45-38)23-21-29-27-16-8-10-18-33(27)46-32-17-9-7-15-26(32)28-19-20-30-35(36(28)46)34(29)31(22-23)40(30,24-11-3-1-4-12-24)25-13-5-2-6-14-25/h1-22H. The Morgan fingerprint density at radius 2 is 1.17 bits per heavy atom. The molecule has 0 radical (unpaired) electrons. The number of para-hydroxylation sites is 2. The molecule has 0 unspecified atom stereocenters. The van der Waals surface area contributed by atoms with E-state index in [2.05, 4.69) is 153 Å². The topological polar surface area (TPSA) is 43.6 Å². The summed E-state index contributed by atoms with van der Waals surface area (Å²) in [5, 5.41) is 2.60. The summed E-state index contributed by atoms with van der Waals surface area (Å²) in [6.45, 7) is 0. The summed E-state index contributed by atoms with van der Waals surface area (Å²) in [6.07, 6.45) is 0. The highest BCUT2D eigenvalue weighted by molar-refractivity contribution is 6.31. The van der Waals surface area contributed by atoms with Gasteiger partial charge in [-0.2, -0.15) is 15.0 Å². The third-order valence-electron chi connectivity index (χ3n) is 9.72. The molecule has 216 valence electrons. The molecule has 4 nitrogen and oxygen atoms in total. The smallest absolute Gasteiger partial charge is 0.227 e. The molecule has 1 aliphatic heterocycles. The van der Waals surface area contributed by atoms with E-state index in [1.807, 2.05) is 0 Å². The van der Waals surface area contributed by atoms with Gasteiger partial charge in [0.05, 0.1) is 22.1 Å². The summed E-state index contributed by atoms with van der Waals surface area (Å²) in [6, 6.07) is 48.2. The molecule has 46 heavy (non-hydrogen) atoms. The van der Waals surface area contributed by atoms with Gasteiger partial charge in [0.1, 0.15) is 0 Å². The molecule has 0 fully saturated rings. The largest absolute Gasteiger partial charge is 0.308 e. The van der Waals surface area contributed by atoms with Crippen molar-refractivity contribution in [1.82, 2.24) is 19.5 Å². The van der Waals surface area contributed by atoms with E-state index in [1.165, 1.54) is 55.2 Å². The molecule has 0 spiro atoms. The number of rotatable bonds is 3. The first-order chi connectivity index (χ1) is 22.6. The fraction of sp³-hybridized carbons (Fsp3) is 0.0250. The van der Waals surface area contributed by atoms with Crippen LogP contribution in [0.15, 0.2) is 133 Å². The summed E-state index contributed by atoms with van der Waals surface area (Å²) in [7, 11) is 0. The molecule has 2 aliphatic rings. The van der Waals surface area contributed by atoms with Crippen LogP contribution in [0.5, 0.6) is 0 Å². The first kappa shape index (κ1) is 26.0. The Bertz CT molecular complexity index is 2500. The van der Waals surface area contributed by atoms with Crippen molar-refractivity contribution in [1.29, 1.82) is 0 Å². The molecule has 0 saturated heterocycles. The van der Waals surface area contributed by atoms with E-state index >= 15 is 0 Å². The molecule has 2 aromatic heterocycles. The fourth-order valence-electron chi connectivity index (χ4n) is 8.08. The highest BCUT2D eigenvalue weighted by Gasteiger charge is 2.49. The second kappa shape index (κ2) is 9.37. The molecule has 0 saturated carbocycles. The minimum Gasteiger partial charge on any atom is -0.308 e. The number of hydrogen-bond acceptors (Lipinski definition) is 3. The lowest BCUT2D eigenvalue weighted by Crippen LogP contribution is -2.28. The monoisotopic (exact) mass is 628 g/mol. The molecule has 10 rings (SSSR count). The zero-order valence-electron chi connectivity index (χ0n) is 24.2. The predicted molar refractivity (Wildman–Crippen MR) is 186 cm³/mol. The van der Waals surface area contributed by atoms with E-state index in [4.69, 9.17) is 23.2 Å². The van der Waals surface area contributed by atoms with Crippen LogP contribution in [-0.2, 0) is 5.41 Å². The third kappa shape index (κ3) is 3.27. The van der Waals surface area contributed by atoms with Crippen molar-refractivity contribution < 1.29 is 0 Å². The molecule has 0 amide bonds. The van der Waals surface area contributed by atoms with Crippen LogP contribution in [0.4, 0.5) is 0 Å². The molecule has 0 atom stereocenters. The second-order valence-electron chi connectivity index (χ2n) is 11.9. The van der Waals surface area contributed by atoms with Gasteiger partial charge in [0.25, 0.3) is 0 Å². The number of halogens is 2. The number of aromatic nitrogens is 4. The van der Waals surface area contributed by atoms with Crippen LogP contribution in [0.1, 0.15) is 22.3 Å². The second-order valence-corrected chi connectivity index (χ2v) is 12.6. The van der Waals surface area contributed by atoms with Crippen LogP contribution < -0.4 is 0 Å². The van der Waals surface area contributed by atoms with Gasteiger partial charge in [-0.25, -0.2) is 0 Å². The van der Waals surface area contributed by atoms with E-state index in [9.17, 15) is 0 Å². The minimum absolute atomic E-state index is 0.0616. The van der Waals surface area contributed by atoms with E-state index in [0.717, 1.165) is 22.4 Å². The third-order valence-corrected chi connectivity index (χ3v) is 10.1. The first-order valence-electron chi connectivity index (χ1n) is 15.2. The zero-order chi connectivity index (χ0) is 30.6. The van der Waals surface area contributed by atoms with Gasteiger partial charge in [-0.1, -0.05) is 109 Å². The highest BCUT2D eigenvalue weighted by Crippen LogP contribution is 2.62. The average molecular weight is 630 g/mol. The van der Waals surface area contributed by atoms with Gasteiger partial charge in [-0.3, -0.25) is 0 Å². The number of fused-ring (bicyclic) bond motifs is 6. The van der Waals surface area contributed by atoms with Gasteiger partial charge in [0, 0.05) is 27.5 Å². The summed E-state index contributed by atoms with van der Waals surface area (Å²) in [5.74, 6) is 0.437. The lowest BCUT2D eigenvalue weighted by atomic mass is 9.67. The van der Waals surface area contributed by atoms with E-state index in [0.29, 0.717) is 5.82 Å². The molecule has 6 aromatic carbocycles. The quantitative estimate of drug-likeness (QED) is 0.195. The minimum atomic E-state index is -0.625. The lowest BCUT2D eigenvalue weighted by molar-refractivity contribution is 0.769. The molecule has 1 aliphatic carbocycles. The maximum Gasteiger partial charge on any atom is 0.227 e. The Morgan fingerprint density at radius 3 is 1.91 bits per heavy atom. The maximum atomic E-state index is 6.37. The van der Waals surface area contributed by atoms with E-state index in [-0.39, 0.29) is 10.6 Å². The van der Waals surface area contributed by atoms with Crippen molar-refractivity contribution in [3.05, 3.63) is 166 Å². The molecular formula is C40H22Cl2N4. The van der Waals surface area contributed by atoms with Crippen LogP contribution >= 0.6 is 23.2 Å². The first-order valence-corrected chi connectivity index (χ1v) is 15.9. The fourth-order valence-corrected chi connectivity index (χ4v) is 8.45. The van der Waals surface area contributed by atoms with Gasteiger partial charge in [-0.15, -0.1) is 0 Å². The van der Waals surface area contributed by atoms with Crippen LogP contribution in [0.2, 0.25) is 10.6 Å². The molecule has 0 N–H and O–H groups in total. The van der Waals surface area contributed by atoms with Gasteiger partial charge in [0.15, 0.2) is 5.82 Å². The van der Waals surface area contributed by atoms with Crippen molar-refractivity contribution in [3.63, 3.8) is 0 Å². The zero-order valence-corrected chi connectivity index (χ0v) is 25.8. The average Bonchev–Trinajstić information content (AvgIpc) is 3.54. The van der Waals surface area contributed by atoms with Crippen LogP contribution in [0.3, 0.4) is 0 Å². The van der Waals surface area contributed by atoms with E-state index in [1.54, 1.807) is 0 Å². The summed E-state index contributed by atoms with van der Waals surface area (Å²) in [4.78, 5) is 13.2.